The SMILES string of the molecule is Cn1cncc1-c1ccc2cnc(CC(=O)C3CC4(C3)CN(CCF)C4)cc2c1. The van der Waals surface area contributed by atoms with Crippen LogP contribution in [0, 0.1) is 11.3 Å². The first kappa shape index (κ1) is 18.4. The molecule has 2 aromatic heterocycles. The van der Waals surface area contributed by atoms with Crippen molar-refractivity contribution in [2.24, 2.45) is 18.4 Å². The van der Waals surface area contributed by atoms with Crippen LogP contribution in [0.25, 0.3) is 22.0 Å². The average molecular weight is 392 g/mol. The van der Waals surface area contributed by atoms with E-state index >= 15 is 0 Å². The summed E-state index contributed by atoms with van der Waals surface area (Å²) < 4.78 is 14.4. The molecule has 1 saturated heterocycles. The van der Waals surface area contributed by atoms with E-state index in [0.29, 0.717) is 13.0 Å². The molecule has 0 atom stereocenters. The Morgan fingerprint density at radius 1 is 1.21 bits per heavy atom. The lowest BCUT2D eigenvalue weighted by Crippen LogP contribution is -2.63. The lowest BCUT2D eigenvalue weighted by atomic mass is 9.56. The van der Waals surface area contributed by atoms with Crippen molar-refractivity contribution in [3.8, 4) is 11.3 Å². The quantitative estimate of drug-likeness (QED) is 0.645. The molecule has 0 unspecified atom stereocenters. The number of benzene rings is 1. The number of Topliss-reactive ketones (excluding diaryl/α,β-unsaturated/α-hetero) is 1. The third kappa shape index (κ3) is 3.35. The van der Waals surface area contributed by atoms with E-state index in [1.165, 1.54) is 0 Å². The summed E-state index contributed by atoms with van der Waals surface area (Å²) in [4.78, 5) is 23.6. The van der Waals surface area contributed by atoms with Crippen LogP contribution in [-0.4, -0.2) is 51.5 Å². The molecule has 2 fully saturated rings. The van der Waals surface area contributed by atoms with Crippen molar-refractivity contribution in [3.05, 3.63) is 48.7 Å². The zero-order valence-electron chi connectivity index (χ0n) is 16.6. The van der Waals surface area contributed by atoms with E-state index in [-0.39, 0.29) is 23.8 Å². The summed E-state index contributed by atoms with van der Waals surface area (Å²) in [6.07, 6.45) is 7.79. The van der Waals surface area contributed by atoms with E-state index in [0.717, 1.165) is 53.7 Å². The topological polar surface area (TPSA) is 51.0 Å². The summed E-state index contributed by atoms with van der Waals surface area (Å²) >= 11 is 0. The number of pyridine rings is 1. The molecular formula is C23H25FN4O. The number of fused-ring (bicyclic) bond motifs is 1. The first-order valence-corrected chi connectivity index (χ1v) is 10.2. The first-order chi connectivity index (χ1) is 14.0. The fourth-order valence-corrected chi connectivity index (χ4v) is 5.05. The third-order valence-electron chi connectivity index (χ3n) is 6.58. The molecule has 29 heavy (non-hydrogen) atoms. The van der Waals surface area contributed by atoms with Crippen LogP contribution in [0.15, 0.2) is 43.0 Å². The van der Waals surface area contributed by atoms with Crippen LogP contribution in [0.2, 0.25) is 0 Å². The fraction of sp³-hybridized carbons (Fsp3) is 0.435. The molecule has 5 rings (SSSR count). The smallest absolute Gasteiger partial charge is 0.141 e. The standard InChI is InChI=1S/C23H25FN4O/c1-27-15-25-12-21(27)16-2-3-17-11-26-20(7-18(17)6-16)8-22(29)19-9-23(10-19)13-28(14-23)5-4-24/h2-3,6-7,11-12,15,19H,4-5,8-10,13-14H2,1H3. The van der Waals surface area contributed by atoms with Crippen molar-refractivity contribution >= 4 is 16.6 Å². The van der Waals surface area contributed by atoms with Gasteiger partial charge in [0.1, 0.15) is 12.5 Å². The predicted octanol–water partition coefficient (Wildman–Crippen LogP) is 3.43. The second kappa shape index (κ2) is 7.02. The second-order valence-electron chi connectivity index (χ2n) is 8.78. The van der Waals surface area contributed by atoms with E-state index < -0.39 is 0 Å². The number of nitrogens with zero attached hydrogens (tertiary/aromatic N) is 4. The van der Waals surface area contributed by atoms with Crippen LogP contribution in [0.4, 0.5) is 4.39 Å². The Morgan fingerprint density at radius 2 is 2.03 bits per heavy atom. The molecule has 2 aliphatic rings. The van der Waals surface area contributed by atoms with Crippen molar-refractivity contribution in [2.45, 2.75) is 19.3 Å². The summed E-state index contributed by atoms with van der Waals surface area (Å²) in [5.74, 6) is 0.426. The number of likely N-dealkylation sites (tertiary alicyclic amines) is 1. The van der Waals surface area contributed by atoms with Gasteiger partial charge in [-0.2, -0.15) is 0 Å². The maximum absolute atomic E-state index is 12.7. The number of carbonyl (C=O) groups is 1. The zero-order chi connectivity index (χ0) is 20.0. The van der Waals surface area contributed by atoms with Crippen LogP contribution < -0.4 is 0 Å². The van der Waals surface area contributed by atoms with Crippen LogP contribution in [0.5, 0.6) is 0 Å². The largest absolute Gasteiger partial charge is 0.334 e. The molecule has 3 aromatic rings. The molecule has 1 aliphatic heterocycles. The van der Waals surface area contributed by atoms with Gasteiger partial charge in [0.05, 0.1) is 18.2 Å². The number of hydrogen-bond donors (Lipinski definition) is 0. The number of halogens is 1. The summed E-state index contributed by atoms with van der Waals surface area (Å²) in [5, 5.41) is 2.16. The molecule has 0 bridgehead atoms. The van der Waals surface area contributed by atoms with Crippen LogP contribution >= 0.6 is 0 Å². The summed E-state index contributed by atoms with van der Waals surface area (Å²) in [6.45, 7) is 2.15. The van der Waals surface area contributed by atoms with Crippen LogP contribution in [0.1, 0.15) is 18.5 Å². The molecule has 1 aliphatic carbocycles. The number of carbonyl (C=O) groups excluding carboxylic acids is 1. The molecule has 0 amide bonds. The zero-order valence-corrected chi connectivity index (χ0v) is 16.6. The molecule has 1 spiro atoms. The van der Waals surface area contributed by atoms with Crippen LogP contribution in [0.3, 0.4) is 0 Å². The van der Waals surface area contributed by atoms with Crippen molar-refractivity contribution in [2.75, 3.05) is 26.3 Å². The number of alkyl halides is 1. The summed E-state index contributed by atoms with van der Waals surface area (Å²) in [5.41, 5.74) is 3.27. The number of hydrogen-bond acceptors (Lipinski definition) is 4. The first-order valence-electron chi connectivity index (χ1n) is 10.2. The molecule has 1 aromatic carbocycles. The Bertz CT molecular complexity index is 1060. The van der Waals surface area contributed by atoms with Gasteiger partial charge in [0.2, 0.25) is 0 Å². The molecule has 5 nitrogen and oxygen atoms in total. The molecule has 3 heterocycles. The highest BCUT2D eigenvalue weighted by atomic mass is 19.1. The van der Waals surface area contributed by atoms with E-state index in [1.54, 1.807) is 6.33 Å². The van der Waals surface area contributed by atoms with Gasteiger partial charge in [0, 0.05) is 61.9 Å². The molecule has 1 saturated carbocycles. The highest BCUT2D eigenvalue weighted by molar-refractivity contribution is 5.88. The van der Waals surface area contributed by atoms with Gasteiger partial charge >= 0.3 is 0 Å². The van der Waals surface area contributed by atoms with E-state index in [4.69, 9.17) is 0 Å². The highest BCUT2D eigenvalue weighted by Gasteiger charge is 2.53. The Labute approximate surface area is 169 Å². The van der Waals surface area contributed by atoms with Gasteiger partial charge in [-0.05, 0) is 35.8 Å². The highest BCUT2D eigenvalue weighted by Crippen LogP contribution is 2.52. The van der Waals surface area contributed by atoms with Crippen LogP contribution in [-0.2, 0) is 18.3 Å². The Kier molecular flexibility index (Phi) is 4.46. The number of rotatable bonds is 6. The van der Waals surface area contributed by atoms with Gasteiger partial charge < -0.3 is 4.57 Å². The average Bonchev–Trinajstić information content (AvgIpc) is 3.07. The number of imidazole rings is 1. The normalized spacial score (nSPS) is 18.7. The Hall–Kier alpha value is -2.60. The molecule has 0 radical (unpaired) electrons. The van der Waals surface area contributed by atoms with E-state index in [2.05, 4.69) is 33.1 Å². The number of ketones is 1. The van der Waals surface area contributed by atoms with Gasteiger partial charge in [0.15, 0.2) is 0 Å². The van der Waals surface area contributed by atoms with Crippen molar-refractivity contribution in [1.29, 1.82) is 0 Å². The summed E-state index contributed by atoms with van der Waals surface area (Å²) in [6, 6.07) is 8.30. The lowest BCUT2D eigenvalue weighted by molar-refractivity contribution is -0.141. The van der Waals surface area contributed by atoms with Gasteiger partial charge in [-0.25, -0.2) is 9.37 Å². The molecular weight excluding hydrogens is 367 g/mol. The maximum atomic E-state index is 12.7. The number of aryl methyl sites for hydroxylation is 1. The summed E-state index contributed by atoms with van der Waals surface area (Å²) in [7, 11) is 1.98. The minimum absolute atomic E-state index is 0.140. The molecule has 6 heteroatoms. The van der Waals surface area contributed by atoms with E-state index in [9.17, 15) is 9.18 Å². The van der Waals surface area contributed by atoms with Crippen molar-refractivity contribution < 1.29 is 9.18 Å². The third-order valence-corrected chi connectivity index (χ3v) is 6.58. The monoisotopic (exact) mass is 392 g/mol. The van der Waals surface area contributed by atoms with Crippen molar-refractivity contribution in [1.82, 2.24) is 19.4 Å². The second-order valence-corrected chi connectivity index (χ2v) is 8.78. The minimum atomic E-state index is -0.283. The Balaban J connectivity index is 1.26. The van der Waals surface area contributed by atoms with Gasteiger partial charge in [-0.1, -0.05) is 12.1 Å². The van der Waals surface area contributed by atoms with Crippen molar-refractivity contribution in [3.63, 3.8) is 0 Å². The maximum Gasteiger partial charge on any atom is 0.141 e. The van der Waals surface area contributed by atoms with Gasteiger partial charge in [-0.3, -0.25) is 14.7 Å². The molecule has 150 valence electrons. The fourth-order valence-electron chi connectivity index (χ4n) is 5.05. The van der Waals surface area contributed by atoms with Gasteiger partial charge in [0.25, 0.3) is 0 Å². The van der Waals surface area contributed by atoms with E-state index in [1.807, 2.05) is 30.1 Å². The minimum Gasteiger partial charge on any atom is -0.334 e. The molecule has 0 N–H and O–H groups in total. The predicted molar refractivity (Wildman–Crippen MR) is 110 cm³/mol. The lowest BCUT2D eigenvalue weighted by Gasteiger charge is -2.58. The number of aromatic nitrogens is 3. The Morgan fingerprint density at radius 3 is 2.76 bits per heavy atom. The van der Waals surface area contributed by atoms with Gasteiger partial charge in [-0.15, -0.1) is 0 Å².